The van der Waals surface area contributed by atoms with Gasteiger partial charge in [-0.05, 0) is 48.4 Å². The summed E-state index contributed by atoms with van der Waals surface area (Å²) in [5.41, 5.74) is 4.21. The Balaban J connectivity index is 1.54. The van der Waals surface area contributed by atoms with Crippen molar-refractivity contribution in [3.05, 3.63) is 58.6 Å². The fraction of sp³-hybridized carbons (Fsp3) is 0.316. The van der Waals surface area contributed by atoms with Crippen LogP contribution in [0.2, 0.25) is 5.15 Å². The first-order chi connectivity index (χ1) is 13.3. The van der Waals surface area contributed by atoms with E-state index in [9.17, 15) is 13.2 Å². The molecule has 0 radical (unpaired) electrons. The van der Waals surface area contributed by atoms with Gasteiger partial charge in [-0.2, -0.15) is 23.4 Å². The Morgan fingerprint density at radius 1 is 1.21 bits per heavy atom. The highest BCUT2D eigenvalue weighted by molar-refractivity contribution is 6.29. The number of fused-ring (bicyclic) bond motifs is 2. The van der Waals surface area contributed by atoms with Crippen LogP contribution in [0.4, 0.5) is 13.2 Å². The van der Waals surface area contributed by atoms with Gasteiger partial charge in [-0.3, -0.25) is 4.68 Å². The predicted molar refractivity (Wildman–Crippen MR) is 98.6 cm³/mol. The van der Waals surface area contributed by atoms with Crippen molar-refractivity contribution >= 4 is 28.2 Å². The van der Waals surface area contributed by atoms with Gasteiger partial charge in [0, 0.05) is 23.3 Å². The Labute approximate surface area is 162 Å². The third-order valence-electron chi connectivity index (χ3n) is 5.30. The number of hydrogen-bond donors (Lipinski definition) is 0. The van der Waals surface area contributed by atoms with Gasteiger partial charge < -0.3 is 0 Å². The van der Waals surface area contributed by atoms with Crippen LogP contribution in [0.1, 0.15) is 34.9 Å². The van der Waals surface area contributed by atoms with Gasteiger partial charge in [0.15, 0.2) is 5.65 Å². The lowest BCUT2D eigenvalue weighted by Crippen LogP contribution is -2.18. The molecule has 9 heteroatoms. The van der Waals surface area contributed by atoms with E-state index >= 15 is 0 Å². The van der Waals surface area contributed by atoms with Crippen molar-refractivity contribution in [3.63, 3.8) is 0 Å². The van der Waals surface area contributed by atoms with Gasteiger partial charge in [-0.15, -0.1) is 0 Å². The molecule has 144 valence electrons. The number of halogens is 4. The smallest absolute Gasteiger partial charge is 0.256 e. The van der Waals surface area contributed by atoms with E-state index in [2.05, 4.69) is 15.2 Å². The molecule has 2 atom stereocenters. The molecule has 0 amide bonds. The zero-order chi connectivity index (χ0) is 19.6. The van der Waals surface area contributed by atoms with Crippen molar-refractivity contribution in [2.75, 3.05) is 0 Å². The summed E-state index contributed by atoms with van der Waals surface area (Å²) < 4.78 is 41.3. The summed E-state index contributed by atoms with van der Waals surface area (Å²) in [6.07, 6.45) is 1.49. The number of benzene rings is 1. The van der Waals surface area contributed by atoms with Crippen molar-refractivity contribution < 1.29 is 13.2 Å². The molecule has 3 aromatic heterocycles. The van der Waals surface area contributed by atoms with Crippen molar-refractivity contribution in [2.45, 2.75) is 37.9 Å². The second-order valence-corrected chi connectivity index (χ2v) is 7.64. The molecule has 0 aliphatic heterocycles. The molecule has 3 heterocycles. The van der Waals surface area contributed by atoms with Crippen LogP contribution in [-0.4, -0.2) is 30.6 Å². The number of hydrogen-bond acceptors (Lipinski definition) is 3. The topological polar surface area (TPSA) is 48.0 Å². The number of alkyl halides is 3. The molecule has 4 aromatic rings. The first-order valence-electron chi connectivity index (χ1n) is 8.83. The van der Waals surface area contributed by atoms with Crippen LogP contribution in [0.15, 0.2) is 36.8 Å². The average molecular weight is 406 g/mol. The minimum atomic E-state index is -4.31. The Bertz CT molecular complexity index is 1210. The highest BCUT2D eigenvalue weighted by Gasteiger charge is 2.41. The Morgan fingerprint density at radius 3 is 2.82 bits per heavy atom. The molecule has 0 unspecified atom stereocenters. The van der Waals surface area contributed by atoms with E-state index in [1.165, 1.54) is 6.20 Å². The zero-order valence-electron chi connectivity index (χ0n) is 14.8. The lowest BCUT2D eigenvalue weighted by molar-refractivity contribution is -0.141. The number of aromatic nitrogens is 5. The number of aryl methyl sites for hydroxylation is 1. The Hall–Kier alpha value is -2.61. The molecular weight excluding hydrogens is 391 g/mol. The standard InChI is InChI=1S/C19H15ClF3N5/c1-10-4-11(5-16-15(10)8-25-28(16)9-19(21,22)23)12-6-13(12)14-7-17(20)26-27-3-2-24-18(14)27/h2-5,7-8,12-13H,6,9H2,1H3/t12-,13+/m1/s1. The fourth-order valence-corrected chi connectivity index (χ4v) is 4.18. The zero-order valence-corrected chi connectivity index (χ0v) is 15.5. The van der Waals surface area contributed by atoms with Crippen molar-refractivity contribution in [2.24, 2.45) is 0 Å². The number of imidazole rings is 1. The second-order valence-electron chi connectivity index (χ2n) is 7.25. The van der Waals surface area contributed by atoms with Crippen LogP contribution >= 0.6 is 11.6 Å². The van der Waals surface area contributed by atoms with Crippen LogP contribution in [0.25, 0.3) is 16.6 Å². The van der Waals surface area contributed by atoms with Crippen LogP contribution in [-0.2, 0) is 6.54 Å². The predicted octanol–water partition coefficient (Wildman–Crippen LogP) is 4.87. The van der Waals surface area contributed by atoms with Crippen LogP contribution in [0.3, 0.4) is 0 Å². The summed E-state index contributed by atoms with van der Waals surface area (Å²) in [5, 5.41) is 9.28. The van der Waals surface area contributed by atoms with Crippen molar-refractivity contribution in [3.8, 4) is 0 Å². The summed E-state index contributed by atoms with van der Waals surface area (Å²) >= 11 is 6.14. The summed E-state index contributed by atoms with van der Waals surface area (Å²) in [4.78, 5) is 4.37. The number of nitrogens with zero attached hydrogens (tertiary/aromatic N) is 5. The maximum Gasteiger partial charge on any atom is 0.408 e. The van der Waals surface area contributed by atoms with Gasteiger partial charge in [0.05, 0.1) is 11.7 Å². The van der Waals surface area contributed by atoms with Gasteiger partial charge in [-0.25, -0.2) is 9.50 Å². The van der Waals surface area contributed by atoms with E-state index in [0.29, 0.717) is 10.7 Å². The molecule has 5 rings (SSSR count). The summed E-state index contributed by atoms with van der Waals surface area (Å²) in [7, 11) is 0. The van der Waals surface area contributed by atoms with Crippen molar-refractivity contribution in [1.29, 1.82) is 0 Å². The lowest BCUT2D eigenvalue weighted by atomic mass is 10.0. The van der Waals surface area contributed by atoms with Crippen LogP contribution < -0.4 is 0 Å². The Kier molecular flexibility index (Phi) is 3.71. The third-order valence-corrected chi connectivity index (χ3v) is 5.48. The molecule has 1 aliphatic carbocycles. The summed E-state index contributed by atoms with van der Waals surface area (Å²) in [5.74, 6) is 0.414. The molecule has 1 aliphatic rings. The first-order valence-corrected chi connectivity index (χ1v) is 9.20. The second kappa shape index (κ2) is 5.94. The largest absolute Gasteiger partial charge is 0.408 e. The first kappa shape index (κ1) is 17.5. The van der Waals surface area contributed by atoms with Crippen LogP contribution in [0.5, 0.6) is 0 Å². The van der Waals surface area contributed by atoms with E-state index < -0.39 is 12.7 Å². The van der Waals surface area contributed by atoms with E-state index in [-0.39, 0.29) is 11.8 Å². The lowest BCUT2D eigenvalue weighted by Gasteiger charge is -2.10. The SMILES string of the molecule is Cc1cc([C@H]2C[C@@H]2c2cc(Cl)nn3ccnc23)cc2c1cnn2CC(F)(F)F. The summed E-state index contributed by atoms with van der Waals surface area (Å²) in [6.45, 7) is 0.807. The molecule has 0 spiro atoms. The van der Waals surface area contributed by atoms with Gasteiger partial charge in [0.2, 0.25) is 0 Å². The average Bonchev–Trinajstić information content (AvgIpc) is 3.09. The van der Waals surface area contributed by atoms with Gasteiger partial charge in [-0.1, -0.05) is 17.7 Å². The molecule has 0 saturated heterocycles. The van der Waals surface area contributed by atoms with Crippen molar-refractivity contribution in [1.82, 2.24) is 24.4 Å². The molecule has 0 bridgehead atoms. The summed E-state index contributed by atoms with van der Waals surface area (Å²) in [6, 6.07) is 5.70. The van der Waals surface area contributed by atoms with E-state index in [0.717, 1.165) is 38.8 Å². The molecule has 1 fully saturated rings. The highest BCUT2D eigenvalue weighted by atomic mass is 35.5. The van der Waals surface area contributed by atoms with E-state index in [1.54, 1.807) is 16.9 Å². The van der Waals surface area contributed by atoms with Crippen LogP contribution in [0, 0.1) is 6.92 Å². The minimum absolute atomic E-state index is 0.205. The van der Waals surface area contributed by atoms with Gasteiger partial charge in [0.25, 0.3) is 0 Å². The fourth-order valence-electron chi connectivity index (χ4n) is 3.98. The quantitative estimate of drug-likeness (QED) is 0.488. The molecule has 1 aromatic carbocycles. The van der Waals surface area contributed by atoms with Gasteiger partial charge >= 0.3 is 6.18 Å². The maximum absolute atomic E-state index is 12.9. The monoisotopic (exact) mass is 405 g/mol. The van der Waals surface area contributed by atoms with E-state index in [4.69, 9.17) is 11.6 Å². The number of rotatable bonds is 3. The van der Waals surface area contributed by atoms with Gasteiger partial charge in [0.1, 0.15) is 11.7 Å². The normalized spacial score (nSPS) is 19.6. The minimum Gasteiger partial charge on any atom is -0.256 e. The third kappa shape index (κ3) is 2.92. The molecule has 0 N–H and O–H groups in total. The molecular formula is C19H15ClF3N5. The highest BCUT2D eigenvalue weighted by Crippen LogP contribution is 2.56. The molecule has 1 saturated carbocycles. The molecule has 5 nitrogen and oxygen atoms in total. The Morgan fingerprint density at radius 2 is 2.04 bits per heavy atom. The maximum atomic E-state index is 12.9. The van der Waals surface area contributed by atoms with E-state index in [1.807, 2.05) is 25.1 Å². The molecule has 28 heavy (non-hydrogen) atoms.